The number of halogens is 1. The Morgan fingerprint density at radius 1 is 0.971 bits per heavy atom. The molecular weight excluding hydrogens is 458 g/mol. The van der Waals surface area contributed by atoms with E-state index >= 15 is 0 Å². The Morgan fingerprint density at radius 2 is 1.65 bits per heavy atom. The van der Waals surface area contributed by atoms with Crippen LogP contribution in [0.5, 0.6) is 5.75 Å². The van der Waals surface area contributed by atoms with Crippen LogP contribution >= 0.6 is 11.6 Å². The van der Waals surface area contributed by atoms with Gasteiger partial charge in [-0.3, -0.25) is 9.59 Å². The highest BCUT2D eigenvalue weighted by molar-refractivity contribution is 6.30. The smallest absolute Gasteiger partial charge is 0.343 e. The second-order valence-electron chi connectivity index (χ2n) is 7.30. The molecule has 0 unspecified atom stereocenters. The van der Waals surface area contributed by atoms with Crippen LogP contribution < -0.4 is 15.6 Å². The van der Waals surface area contributed by atoms with E-state index in [-0.39, 0.29) is 18.7 Å². The van der Waals surface area contributed by atoms with E-state index in [1.807, 2.05) is 24.3 Å². The Labute approximate surface area is 199 Å². The predicted molar refractivity (Wildman–Crippen MR) is 129 cm³/mol. The van der Waals surface area contributed by atoms with Crippen LogP contribution in [0, 0.1) is 0 Å². The van der Waals surface area contributed by atoms with Gasteiger partial charge in [-0.2, -0.15) is 5.10 Å². The van der Waals surface area contributed by atoms with E-state index in [4.69, 9.17) is 16.3 Å². The first-order chi connectivity index (χ1) is 16.4. The average molecular weight is 478 g/mol. The third-order valence-corrected chi connectivity index (χ3v) is 5.25. The number of nitrogens with zero attached hydrogens (tertiary/aromatic N) is 2. The highest BCUT2D eigenvalue weighted by Crippen LogP contribution is 2.26. The molecule has 0 spiro atoms. The second kappa shape index (κ2) is 10.2. The monoisotopic (exact) mass is 477 g/mol. The molecule has 4 rings (SSSR count). The van der Waals surface area contributed by atoms with Crippen molar-refractivity contribution in [2.24, 2.45) is 0 Å². The number of carbonyl (C=O) groups is 2. The van der Waals surface area contributed by atoms with Crippen LogP contribution in [0.1, 0.15) is 0 Å². The summed E-state index contributed by atoms with van der Waals surface area (Å²) in [5.41, 5.74) is 1.49. The number of carbonyl (C=O) groups excluding carboxylic acids is 2. The number of methoxy groups -OCH3 is 1. The van der Waals surface area contributed by atoms with E-state index in [9.17, 15) is 14.4 Å². The Hall–Kier alpha value is -4.17. The van der Waals surface area contributed by atoms with Gasteiger partial charge in [-0.05, 0) is 42.5 Å². The molecule has 9 heteroatoms. The van der Waals surface area contributed by atoms with Crippen LogP contribution in [0.2, 0.25) is 5.02 Å². The second-order valence-corrected chi connectivity index (χ2v) is 7.74. The maximum absolute atomic E-state index is 13.0. The zero-order chi connectivity index (χ0) is 24.1. The molecule has 1 aromatic heterocycles. The number of ether oxygens (including phenoxy) is 2. The molecule has 3 aromatic carbocycles. The fraction of sp³-hybridized carbons (Fsp3) is 0.120. The summed E-state index contributed by atoms with van der Waals surface area (Å²) in [5.74, 6) is -0.470. The summed E-state index contributed by atoms with van der Waals surface area (Å²) in [5, 5.41) is 8.95. The van der Waals surface area contributed by atoms with E-state index in [1.54, 1.807) is 48.5 Å². The molecule has 0 aliphatic rings. The molecule has 0 saturated carbocycles. The van der Waals surface area contributed by atoms with E-state index in [2.05, 4.69) is 15.2 Å². The van der Waals surface area contributed by atoms with Gasteiger partial charge in [-0.15, -0.1) is 0 Å². The molecule has 172 valence electrons. The van der Waals surface area contributed by atoms with Crippen molar-refractivity contribution in [1.29, 1.82) is 0 Å². The van der Waals surface area contributed by atoms with Gasteiger partial charge in [0.2, 0.25) is 5.91 Å². The molecular formula is C25H20ClN3O5. The zero-order valence-electron chi connectivity index (χ0n) is 18.2. The fourth-order valence-corrected chi connectivity index (χ4v) is 3.46. The van der Waals surface area contributed by atoms with Crippen molar-refractivity contribution in [1.82, 2.24) is 9.78 Å². The Morgan fingerprint density at radius 3 is 2.32 bits per heavy atom. The Bertz CT molecular complexity index is 1400. The van der Waals surface area contributed by atoms with Crippen molar-refractivity contribution in [2.75, 3.05) is 19.0 Å². The van der Waals surface area contributed by atoms with Gasteiger partial charge in [0.25, 0.3) is 5.56 Å². The summed E-state index contributed by atoms with van der Waals surface area (Å²) in [7, 11) is 1.28. The largest absolute Gasteiger partial charge is 0.482 e. The first-order valence-corrected chi connectivity index (χ1v) is 10.7. The van der Waals surface area contributed by atoms with Crippen molar-refractivity contribution >= 4 is 39.9 Å². The molecule has 1 amide bonds. The van der Waals surface area contributed by atoms with Crippen molar-refractivity contribution in [2.45, 2.75) is 6.54 Å². The highest BCUT2D eigenvalue weighted by atomic mass is 35.5. The van der Waals surface area contributed by atoms with Gasteiger partial charge in [-0.25, -0.2) is 9.48 Å². The van der Waals surface area contributed by atoms with E-state index in [0.29, 0.717) is 32.9 Å². The summed E-state index contributed by atoms with van der Waals surface area (Å²) in [6.45, 7) is -0.487. The van der Waals surface area contributed by atoms with Gasteiger partial charge in [0.1, 0.15) is 12.3 Å². The van der Waals surface area contributed by atoms with E-state index in [0.717, 1.165) is 10.2 Å². The van der Waals surface area contributed by atoms with Crippen LogP contribution in [0.15, 0.2) is 77.6 Å². The van der Waals surface area contributed by atoms with Crippen LogP contribution in [0.3, 0.4) is 0 Å². The summed E-state index contributed by atoms with van der Waals surface area (Å²) in [4.78, 5) is 36.8. The van der Waals surface area contributed by atoms with Gasteiger partial charge in [0, 0.05) is 21.7 Å². The lowest BCUT2D eigenvalue weighted by molar-refractivity contribution is -0.142. The highest BCUT2D eigenvalue weighted by Gasteiger charge is 2.14. The van der Waals surface area contributed by atoms with Gasteiger partial charge in [0.15, 0.2) is 6.61 Å². The molecule has 0 atom stereocenters. The predicted octanol–water partition coefficient (Wildman–Crippen LogP) is 3.91. The molecule has 4 aromatic rings. The molecule has 0 aliphatic carbocycles. The molecule has 0 bridgehead atoms. The molecule has 1 heterocycles. The van der Waals surface area contributed by atoms with E-state index < -0.39 is 11.9 Å². The average Bonchev–Trinajstić information content (AvgIpc) is 2.85. The van der Waals surface area contributed by atoms with Crippen LogP contribution in [0.25, 0.3) is 22.0 Å². The number of aromatic nitrogens is 2. The number of amides is 1. The third kappa shape index (κ3) is 5.24. The standard InChI is InChI=1S/C25H20ClN3O5/c1-33-23(31)15-34-19-12-10-18(11-13-19)27-22(30)14-29-25(32)21-5-3-2-4-20(21)24(28-29)16-6-8-17(26)9-7-16/h2-13H,14-15H2,1H3,(H,27,30). The van der Waals surface area contributed by atoms with E-state index in [1.165, 1.54) is 7.11 Å². The molecule has 8 nitrogen and oxygen atoms in total. The Kier molecular flexibility index (Phi) is 6.89. The summed E-state index contributed by atoms with van der Waals surface area (Å²) >= 11 is 6.01. The van der Waals surface area contributed by atoms with Crippen LogP contribution in [0.4, 0.5) is 5.69 Å². The molecule has 0 saturated heterocycles. The van der Waals surface area contributed by atoms with Gasteiger partial charge in [-0.1, -0.05) is 41.9 Å². The lowest BCUT2D eigenvalue weighted by Gasteiger charge is -2.12. The van der Waals surface area contributed by atoms with Gasteiger partial charge < -0.3 is 14.8 Å². The van der Waals surface area contributed by atoms with Crippen molar-refractivity contribution < 1.29 is 19.1 Å². The van der Waals surface area contributed by atoms with Gasteiger partial charge in [0.05, 0.1) is 18.2 Å². The topological polar surface area (TPSA) is 99.5 Å². The maximum Gasteiger partial charge on any atom is 0.343 e. The molecule has 0 fully saturated rings. The number of hydrogen-bond donors (Lipinski definition) is 1. The zero-order valence-corrected chi connectivity index (χ0v) is 18.9. The minimum atomic E-state index is -0.497. The number of fused-ring (bicyclic) bond motifs is 1. The number of anilines is 1. The summed E-state index contributed by atoms with van der Waals surface area (Å²) in [6, 6.07) is 20.7. The molecule has 0 radical (unpaired) electrons. The van der Waals surface area contributed by atoms with Crippen LogP contribution in [-0.2, 0) is 20.9 Å². The third-order valence-electron chi connectivity index (χ3n) is 5.00. The molecule has 34 heavy (non-hydrogen) atoms. The number of hydrogen-bond acceptors (Lipinski definition) is 6. The normalized spacial score (nSPS) is 10.6. The maximum atomic E-state index is 13.0. The molecule has 0 aliphatic heterocycles. The number of esters is 1. The molecule has 1 N–H and O–H groups in total. The minimum absolute atomic E-state index is 0.214. The van der Waals surface area contributed by atoms with Gasteiger partial charge >= 0.3 is 5.97 Å². The number of nitrogens with one attached hydrogen (secondary N) is 1. The van der Waals surface area contributed by atoms with Crippen molar-refractivity contribution in [3.05, 3.63) is 88.2 Å². The number of rotatable bonds is 7. The number of benzene rings is 3. The summed E-state index contributed by atoms with van der Waals surface area (Å²) in [6.07, 6.45) is 0. The summed E-state index contributed by atoms with van der Waals surface area (Å²) < 4.78 is 11.0. The fourth-order valence-electron chi connectivity index (χ4n) is 3.34. The van der Waals surface area contributed by atoms with Crippen LogP contribution in [-0.4, -0.2) is 35.4 Å². The lowest BCUT2D eigenvalue weighted by atomic mass is 10.1. The Balaban J connectivity index is 1.55. The minimum Gasteiger partial charge on any atom is -0.482 e. The van der Waals surface area contributed by atoms with Crippen molar-refractivity contribution in [3.63, 3.8) is 0 Å². The van der Waals surface area contributed by atoms with Crippen molar-refractivity contribution in [3.8, 4) is 17.0 Å². The quantitative estimate of drug-likeness (QED) is 0.405. The lowest BCUT2D eigenvalue weighted by Crippen LogP contribution is -2.30. The SMILES string of the molecule is COC(=O)COc1ccc(NC(=O)Cn2nc(-c3ccc(Cl)cc3)c3ccccc3c2=O)cc1. The first kappa shape index (κ1) is 23.0. The first-order valence-electron chi connectivity index (χ1n) is 10.3.